The molecule has 7 fully saturated rings. The average Bonchev–Trinajstić information content (AvgIpc) is 3.57. The van der Waals surface area contributed by atoms with Crippen molar-refractivity contribution in [3.8, 4) is 0 Å². The van der Waals surface area contributed by atoms with Gasteiger partial charge in [-0.2, -0.15) is 0 Å². The highest BCUT2D eigenvalue weighted by atomic mass is 16.9. The van der Waals surface area contributed by atoms with Crippen molar-refractivity contribution < 1.29 is 48.6 Å². The normalized spacial score (nSPS) is 57.8. The molecule has 0 aromatic rings. The Morgan fingerprint density at radius 2 is 1.74 bits per heavy atom. The van der Waals surface area contributed by atoms with Gasteiger partial charge in [-0.25, -0.2) is 0 Å². The number of hydrogen-bond acceptors (Lipinski definition) is 10. The van der Waals surface area contributed by atoms with Gasteiger partial charge in [-0.3, -0.25) is 9.59 Å². The van der Waals surface area contributed by atoms with Crippen molar-refractivity contribution in [2.24, 2.45) is 35.5 Å². The first-order chi connectivity index (χ1) is 19.8. The van der Waals surface area contributed by atoms with Crippen LogP contribution in [0, 0.1) is 35.5 Å². The summed E-state index contributed by atoms with van der Waals surface area (Å²) in [6.07, 6.45) is 1.87. The number of Topliss-reactive ketones (excluding diaryl/α,β-unsaturated/α-hetero) is 1. The monoisotopic (exact) mass is 590 g/mol. The van der Waals surface area contributed by atoms with Crippen molar-refractivity contribution in [2.75, 3.05) is 6.61 Å². The number of ketones is 1. The molecule has 10 heteroatoms. The van der Waals surface area contributed by atoms with E-state index in [4.69, 9.17) is 23.7 Å². The smallest absolute Gasteiger partial charge is 0.303 e. The van der Waals surface area contributed by atoms with Crippen molar-refractivity contribution in [3.63, 3.8) is 0 Å². The lowest BCUT2D eigenvalue weighted by Crippen LogP contribution is -2.77. The fourth-order valence-corrected chi connectivity index (χ4v) is 10.8. The lowest BCUT2D eigenvalue weighted by atomic mass is 9.50. The molecule has 3 saturated carbocycles. The maximum atomic E-state index is 14.3. The lowest BCUT2D eigenvalue weighted by Gasteiger charge is -2.62. The summed E-state index contributed by atoms with van der Waals surface area (Å²) in [7, 11) is 0. The number of esters is 1. The van der Waals surface area contributed by atoms with Gasteiger partial charge in [0.2, 0.25) is 0 Å². The number of fused-ring (bicyclic) bond motifs is 1. The van der Waals surface area contributed by atoms with Crippen LogP contribution in [0.15, 0.2) is 12.2 Å². The van der Waals surface area contributed by atoms with Gasteiger partial charge in [0.15, 0.2) is 17.0 Å². The van der Waals surface area contributed by atoms with Gasteiger partial charge in [0, 0.05) is 37.0 Å². The summed E-state index contributed by atoms with van der Waals surface area (Å²) in [5, 5.41) is 35.6. The van der Waals surface area contributed by atoms with Crippen molar-refractivity contribution in [1.29, 1.82) is 0 Å². The average molecular weight is 591 g/mol. The molecule has 3 bridgehead atoms. The van der Waals surface area contributed by atoms with E-state index in [2.05, 4.69) is 13.5 Å². The maximum absolute atomic E-state index is 14.3. The molecular weight excluding hydrogens is 544 g/mol. The van der Waals surface area contributed by atoms with E-state index in [1.807, 2.05) is 20.8 Å². The molecular formula is C32H46O10. The van der Waals surface area contributed by atoms with Gasteiger partial charge in [0.25, 0.3) is 5.97 Å². The summed E-state index contributed by atoms with van der Waals surface area (Å²) in [5.41, 5.74) is -5.92. The van der Waals surface area contributed by atoms with Crippen LogP contribution < -0.4 is 0 Å². The zero-order valence-electron chi connectivity index (χ0n) is 25.3. The van der Waals surface area contributed by atoms with Crippen LogP contribution >= 0.6 is 0 Å². The van der Waals surface area contributed by atoms with Gasteiger partial charge in [0.1, 0.15) is 30.0 Å². The minimum absolute atomic E-state index is 0.0135. The first kappa shape index (κ1) is 29.3. The van der Waals surface area contributed by atoms with Crippen LogP contribution in [0.2, 0.25) is 0 Å². The largest absolute Gasteiger partial charge is 0.459 e. The van der Waals surface area contributed by atoms with Gasteiger partial charge in [-0.1, -0.05) is 59.5 Å². The number of carbonyl (C=O) groups excluding carboxylic acids is 2. The Labute approximate surface area is 247 Å². The quantitative estimate of drug-likeness (QED) is 0.255. The fourth-order valence-electron chi connectivity index (χ4n) is 10.8. The zero-order valence-corrected chi connectivity index (χ0v) is 25.3. The first-order valence-electron chi connectivity index (χ1n) is 15.9. The third kappa shape index (κ3) is 3.20. The number of hydrogen-bond donors (Lipinski definition) is 3. The number of aliphatic hydroxyl groups is 3. The topological polar surface area (TPSA) is 144 Å². The van der Waals surface area contributed by atoms with Crippen molar-refractivity contribution >= 4 is 11.8 Å². The highest BCUT2D eigenvalue weighted by Crippen LogP contribution is 2.75. The fraction of sp³-hybridized carbons (Fsp3) is 0.875. The van der Waals surface area contributed by atoms with E-state index in [1.165, 1.54) is 6.92 Å². The summed E-state index contributed by atoms with van der Waals surface area (Å²) in [4.78, 5) is 27.0. The van der Waals surface area contributed by atoms with Gasteiger partial charge in [0.05, 0.1) is 12.2 Å². The van der Waals surface area contributed by atoms with E-state index in [0.29, 0.717) is 12.0 Å². The predicted octanol–water partition coefficient (Wildman–Crippen LogP) is 2.40. The summed E-state index contributed by atoms with van der Waals surface area (Å²) in [6, 6.07) is 0. The molecule has 0 aromatic carbocycles. The van der Waals surface area contributed by atoms with Gasteiger partial charge >= 0.3 is 5.97 Å². The molecule has 4 heterocycles. The third-order valence-corrected chi connectivity index (χ3v) is 12.5. The number of aliphatic hydroxyl groups excluding tert-OH is 2. The molecule has 0 aromatic heterocycles. The molecule has 0 radical (unpaired) electrons. The number of rotatable bonds is 3. The summed E-state index contributed by atoms with van der Waals surface area (Å²) < 4.78 is 33.4. The predicted molar refractivity (Wildman–Crippen MR) is 147 cm³/mol. The van der Waals surface area contributed by atoms with E-state index in [1.54, 1.807) is 0 Å². The van der Waals surface area contributed by atoms with E-state index in [0.717, 1.165) is 38.5 Å². The highest BCUT2D eigenvalue weighted by Gasteiger charge is 2.91. The SMILES string of the molecule is C=C(C)[C@@]12OC34CCCCCCC[C@@H](C)[C@H]5[C@H](C)C(=O)[C@@]6(O)[C@H](O)[C@@]7(CO)O[C@H]7[C@@H]([C@H]1O3)[C@](O4)([C@H](C)[C@H]2OC(C)=O)[C@H]56. The molecule has 3 N–H and O–H groups in total. The Bertz CT molecular complexity index is 1210. The Morgan fingerprint density at radius 3 is 2.40 bits per heavy atom. The van der Waals surface area contributed by atoms with E-state index in [9.17, 15) is 24.9 Å². The Balaban J connectivity index is 1.55. The van der Waals surface area contributed by atoms with Crippen molar-refractivity contribution in [1.82, 2.24) is 0 Å². The van der Waals surface area contributed by atoms with Crippen LogP contribution in [0.1, 0.15) is 79.6 Å². The minimum Gasteiger partial charge on any atom is -0.459 e. The number of ether oxygens (including phenoxy) is 5. The van der Waals surface area contributed by atoms with Gasteiger partial charge < -0.3 is 39.0 Å². The van der Waals surface area contributed by atoms with Crippen LogP contribution in [0.3, 0.4) is 0 Å². The van der Waals surface area contributed by atoms with Crippen molar-refractivity contribution in [2.45, 2.75) is 132 Å². The standard InChI is InChI=1S/C32H46O10/c1-15(2)31-24(38-19(6)34)18(5)32-21-25-28(14-33,39-25)27(36)30(37)22(32)20(17(4)23(30)35)16(3)12-10-8-7-9-11-13-29(41-31,42-32)40-26(21)31/h16-18,20-22,24-27,33,36-37H,1,7-14H2,2-6H3/t16-,17+,18-,20+,21+,22-,24-,25+,26-,27-,28+,29?,30-,31+,32-/m1/s1. The summed E-state index contributed by atoms with van der Waals surface area (Å²) in [6.45, 7) is 12.8. The molecule has 42 heavy (non-hydrogen) atoms. The molecule has 15 atom stereocenters. The van der Waals surface area contributed by atoms with Crippen LogP contribution in [0.5, 0.6) is 0 Å². The van der Waals surface area contributed by atoms with Crippen molar-refractivity contribution in [3.05, 3.63) is 12.2 Å². The second-order valence-electron chi connectivity index (χ2n) is 14.6. The summed E-state index contributed by atoms with van der Waals surface area (Å²) in [5.74, 6) is -5.62. The Morgan fingerprint density at radius 1 is 1.05 bits per heavy atom. The van der Waals surface area contributed by atoms with E-state index in [-0.39, 0.29) is 11.8 Å². The molecule has 7 rings (SSSR count). The molecule has 0 amide bonds. The van der Waals surface area contributed by atoms with Crippen LogP contribution in [-0.4, -0.2) is 86.5 Å². The van der Waals surface area contributed by atoms with Crippen LogP contribution in [-0.2, 0) is 33.3 Å². The molecule has 4 aliphatic heterocycles. The van der Waals surface area contributed by atoms with Gasteiger partial charge in [-0.05, 0) is 30.8 Å². The molecule has 3 aliphatic carbocycles. The molecule has 2 spiro atoms. The second kappa shape index (κ2) is 9.08. The molecule has 1 unspecified atom stereocenters. The number of epoxide rings is 1. The Hall–Kier alpha value is -1.40. The van der Waals surface area contributed by atoms with E-state index < -0.39 is 94.8 Å². The zero-order chi connectivity index (χ0) is 30.2. The molecule has 7 aliphatic rings. The van der Waals surface area contributed by atoms with Crippen LogP contribution in [0.4, 0.5) is 0 Å². The third-order valence-electron chi connectivity index (χ3n) is 12.5. The molecule has 10 nitrogen and oxygen atoms in total. The highest BCUT2D eigenvalue weighted by molar-refractivity contribution is 5.93. The second-order valence-corrected chi connectivity index (χ2v) is 14.6. The molecule has 4 saturated heterocycles. The Kier molecular flexibility index (Phi) is 6.34. The maximum Gasteiger partial charge on any atom is 0.303 e. The molecule has 234 valence electrons. The van der Waals surface area contributed by atoms with Gasteiger partial charge in [-0.15, -0.1) is 0 Å². The first-order valence-corrected chi connectivity index (χ1v) is 15.9. The minimum atomic E-state index is -2.28. The van der Waals surface area contributed by atoms with E-state index >= 15 is 0 Å². The lowest BCUT2D eigenvalue weighted by molar-refractivity contribution is -0.437. The summed E-state index contributed by atoms with van der Waals surface area (Å²) >= 11 is 0. The van der Waals surface area contributed by atoms with Crippen LogP contribution in [0.25, 0.3) is 0 Å². The number of carbonyl (C=O) groups is 2.